The molecule has 0 saturated carbocycles. The van der Waals surface area contributed by atoms with Crippen molar-refractivity contribution in [2.75, 3.05) is 12.8 Å². The molecule has 0 fully saturated rings. The van der Waals surface area contributed by atoms with Crippen LogP contribution >= 0.6 is 11.8 Å². The van der Waals surface area contributed by atoms with E-state index in [1.54, 1.807) is 0 Å². The molecule has 1 N–H and O–H groups in total. The standard InChI is InChI=1S/C11H18N2S/c1-9(2)8-14-11-10(7-12-3)5-4-6-13-11/h4-6,9,12H,7-8H2,1-3H3. The Morgan fingerprint density at radius 2 is 2.29 bits per heavy atom. The van der Waals surface area contributed by atoms with E-state index in [0.29, 0.717) is 5.92 Å². The quantitative estimate of drug-likeness (QED) is 0.756. The maximum atomic E-state index is 4.39. The van der Waals surface area contributed by atoms with Gasteiger partial charge in [-0.1, -0.05) is 19.9 Å². The summed E-state index contributed by atoms with van der Waals surface area (Å²) in [4.78, 5) is 4.39. The fourth-order valence-corrected chi connectivity index (χ4v) is 2.08. The molecule has 14 heavy (non-hydrogen) atoms. The van der Waals surface area contributed by atoms with Gasteiger partial charge in [0.15, 0.2) is 0 Å². The predicted octanol–water partition coefficient (Wildman–Crippen LogP) is 2.55. The minimum atomic E-state index is 0.712. The van der Waals surface area contributed by atoms with Gasteiger partial charge in [-0.15, -0.1) is 11.8 Å². The highest BCUT2D eigenvalue weighted by molar-refractivity contribution is 7.99. The molecule has 78 valence electrons. The van der Waals surface area contributed by atoms with Gasteiger partial charge in [0.2, 0.25) is 0 Å². The van der Waals surface area contributed by atoms with Crippen molar-refractivity contribution in [2.45, 2.75) is 25.4 Å². The zero-order valence-corrected chi connectivity index (χ0v) is 9.90. The normalized spacial score (nSPS) is 10.9. The summed E-state index contributed by atoms with van der Waals surface area (Å²) in [6, 6.07) is 4.12. The number of aromatic nitrogens is 1. The van der Waals surface area contributed by atoms with Gasteiger partial charge >= 0.3 is 0 Å². The van der Waals surface area contributed by atoms with Crippen LogP contribution in [0.2, 0.25) is 0 Å². The monoisotopic (exact) mass is 210 g/mol. The Labute approximate surface area is 90.5 Å². The molecule has 1 aromatic rings. The van der Waals surface area contributed by atoms with Crippen molar-refractivity contribution in [2.24, 2.45) is 5.92 Å². The molecule has 1 aromatic heterocycles. The van der Waals surface area contributed by atoms with Gasteiger partial charge in [0.25, 0.3) is 0 Å². The highest BCUT2D eigenvalue weighted by Crippen LogP contribution is 2.21. The minimum absolute atomic E-state index is 0.712. The lowest BCUT2D eigenvalue weighted by molar-refractivity contribution is 0.746. The Morgan fingerprint density at radius 3 is 2.93 bits per heavy atom. The molecule has 0 aliphatic carbocycles. The van der Waals surface area contributed by atoms with E-state index in [9.17, 15) is 0 Å². The maximum Gasteiger partial charge on any atom is 0.100 e. The van der Waals surface area contributed by atoms with Crippen LogP contribution < -0.4 is 5.32 Å². The van der Waals surface area contributed by atoms with Crippen LogP contribution in [0.5, 0.6) is 0 Å². The van der Waals surface area contributed by atoms with Crippen LogP contribution in [-0.4, -0.2) is 17.8 Å². The van der Waals surface area contributed by atoms with E-state index in [1.165, 1.54) is 5.56 Å². The minimum Gasteiger partial charge on any atom is -0.316 e. The fourth-order valence-electron chi connectivity index (χ4n) is 1.12. The number of nitrogens with one attached hydrogen (secondary N) is 1. The van der Waals surface area contributed by atoms with Gasteiger partial charge in [0.05, 0.1) is 0 Å². The van der Waals surface area contributed by atoms with Crippen molar-refractivity contribution >= 4 is 11.8 Å². The van der Waals surface area contributed by atoms with E-state index in [1.807, 2.05) is 31.1 Å². The molecule has 0 aromatic carbocycles. The van der Waals surface area contributed by atoms with Crippen LogP contribution in [0, 0.1) is 5.92 Å². The predicted molar refractivity (Wildman–Crippen MR) is 62.6 cm³/mol. The molecule has 0 unspecified atom stereocenters. The molecular formula is C11H18N2S. The zero-order chi connectivity index (χ0) is 10.4. The first-order valence-electron chi connectivity index (χ1n) is 4.95. The molecule has 1 heterocycles. The SMILES string of the molecule is CNCc1cccnc1SCC(C)C. The number of thioether (sulfide) groups is 1. The number of pyridine rings is 1. The van der Waals surface area contributed by atoms with E-state index in [-0.39, 0.29) is 0 Å². The molecule has 0 bridgehead atoms. The van der Waals surface area contributed by atoms with Crippen molar-refractivity contribution in [1.82, 2.24) is 10.3 Å². The van der Waals surface area contributed by atoms with Crippen molar-refractivity contribution in [3.63, 3.8) is 0 Å². The Hall–Kier alpha value is -0.540. The Bertz CT molecular complexity index is 274. The molecule has 1 rings (SSSR count). The molecule has 3 heteroatoms. The molecule has 0 spiro atoms. The highest BCUT2D eigenvalue weighted by atomic mass is 32.2. The van der Waals surface area contributed by atoms with Crippen molar-refractivity contribution in [1.29, 1.82) is 0 Å². The first kappa shape index (κ1) is 11.5. The second-order valence-corrected chi connectivity index (χ2v) is 4.71. The van der Waals surface area contributed by atoms with Gasteiger partial charge < -0.3 is 5.32 Å². The molecule has 0 amide bonds. The third-order valence-corrected chi connectivity index (χ3v) is 3.24. The summed E-state index contributed by atoms with van der Waals surface area (Å²) < 4.78 is 0. The van der Waals surface area contributed by atoms with Crippen LogP contribution in [0.25, 0.3) is 0 Å². The summed E-state index contributed by atoms with van der Waals surface area (Å²) in [6.45, 7) is 5.36. The van der Waals surface area contributed by atoms with Crippen LogP contribution in [0.3, 0.4) is 0 Å². The second-order valence-electron chi connectivity index (χ2n) is 3.70. The van der Waals surface area contributed by atoms with Crippen molar-refractivity contribution in [3.05, 3.63) is 23.9 Å². The summed E-state index contributed by atoms with van der Waals surface area (Å²) in [7, 11) is 1.96. The molecule has 0 aliphatic heterocycles. The summed E-state index contributed by atoms with van der Waals surface area (Å²) >= 11 is 1.84. The average Bonchev–Trinajstić information content (AvgIpc) is 2.17. The number of hydrogen-bond acceptors (Lipinski definition) is 3. The van der Waals surface area contributed by atoms with E-state index >= 15 is 0 Å². The summed E-state index contributed by atoms with van der Waals surface area (Å²) in [5, 5.41) is 4.32. The van der Waals surface area contributed by atoms with Gasteiger partial charge in [-0.2, -0.15) is 0 Å². The lowest BCUT2D eigenvalue weighted by atomic mass is 10.3. The topological polar surface area (TPSA) is 24.9 Å². The summed E-state index contributed by atoms with van der Waals surface area (Å²) in [5.74, 6) is 1.85. The lowest BCUT2D eigenvalue weighted by Gasteiger charge is -2.08. The van der Waals surface area contributed by atoms with Gasteiger partial charge in [-0.05, 0) is 24.6 Å². The fraction of sp³-hybridized carbons (Fsp3) is 0.545. The van der Waals surface area contributed by atoms with Gasteiger partial charge in [0.1, 0.15) is 5.03 Å². The molecule has 0 atom stereocenters. The van der Waals surface area contributed by atoms with Crippen LogP contribution in [0.15, 0.2) is 23.4 Å². The van der Waals surface area contributed by atoms with Crippen LogP contribution in [0.4, 0.5) is 0 Å². The zero-order valence-electron chi connectivity index (χ0n) is 9.08. The number of nitrogens with zero attached hydrogens (tertiary/aromatic N) is 1. The first-order valence-corrected chi connectivity index (χ1v) is 5.94. The number of rotatable bonds is 5. The first-order chi connectivity index (χ1) is 6.74. The van der Waals surface area contributed by atoms with Gasteiger partial charge in [-0.3, -0.25) is 0 Å². The smallest absolute Gasteiger partial charge is 0.100 e. The van der Waals surface area contributed by atoms with E-state index < -0.39 is 0 Å². The number of hydrogen-bond donors (Lipinski definition) is 1. The van der Waals surface area contributed by atoms with E-state index in [0.717, 1.165) is 17.3 Å². The Kier molecular flexibility index (Phi) is 4.98. The second kappa shape index (κ2) is 6.04. The molecule has 2 nitrogen and oxygen atoms in total. The molecule has 0 saturated heterocycles. The van der Waals surface area contributed by atoms with Gasteiger partial charge in [-0.25, -0.2) is 4.98 Å². The van der Waals surface area contributed by atoms with Gasteiger partial charge in [0, 0.05) is 18.5 Å². The third kappa shape index (κ3) is 3.68. The Balaban J connectivity index is 2.64. The average molecular weight is 210 g/mol. The highest BCUT2D eigenvalue weighted by Gasteiger charge is 2.03. The van der Waals surface area contributed by atoms with Crippen LogP contribution in [-0.2, 0) is 6.54 Å². The maximum absolute atomic E-state index is 4.39. The Morgan fingerprint density at radius 1 is 1.50 bits per heavy atom. The van der Waals surface area contributed by atoms with E-state index in [2.05, 4.69) is 30.2 Å². The summed E-state index contributed by atoms with van der Waals surface area (Å²) in [6.07, 6.45) is 1.86. The molecule has 0 aliphatic rings. The molecular weight excluding hydrogens is 192 g/mol. The van der Waals surface area contributed by atoms with E-state index in [4.69, 9.17) is 0 Å². The largest absolute Gasteiger partial charge is 0.316 e. The lowest BCUT2D eigenvalue weighted by Crippen LogP contribution is -2.07. The van der Waals surface area contributed by atoms with Crippen LogP contribution in [0.1, 0.15) is 19.4 Å². The third-order valence-electron chi connectivity index (χ3n) is 1.77. The summed E-state index contributed by atoms with van der Waals surface area (Å²) in [5.41, 5.74) is 1.29. The molecule has 0 radical (unpaired) electrons. The van der Waals surface area contributed by atoms with Crippen molar-refractivity contribution < 1.29 is 0 Å². The van der Waals surface area contributed by atoms with Crippen molar-refractivity contribution in [3.8, 4) is 0 Å².